The van der Waals surface area contributed by atoms with E-state index in [1.54, 1.807) is 11.3 Å². The molecule has 0 aliphatic carbocycles. The van der Waals surface area contributed by atoms with Crippen LogP contribution in [-0.4, -0.2) is 0 Å². The van der Waals surface area contributed by atoms with Gasteiger partial charge in [-0.2, -0.15) is 0 Å². The Hall–Kier alpha value is -0.640. The molecule has 0 aliphatic rings. The van der Waals surface area contributed by atoms with Crippen molar-refractivity contribution in [3.63, 3.8) is 0 Å². The number of aryl methyl sites for hydroxylation is 1. The Morgan fingerprint density at radius 2 is 2.12 bits per heavy atom. The summed E-state index contributed by atoms with van der Waals surface area (Å²) in [6, 6.07) is 10.5. The zero-order valence-corrected chi connectivity index (χ0v) is 11.5. The van der Waals surface area contributed by atoms with E-state index in [4.69, 9.17) is 5.73 Å². The number of hydrogen-bond acceptors (Lipinski definition) is 2. The lowest BCUT2D eigenvalue weighted by Crippen LogP contribution is -2.13. The molecule has 16 heavy (non-hydrogen) atoms. The molecule has 84 valence electrons. The number of rotatable bonds is 3. The molecular formula is C13H14BrNS. The molecule has 1 aromatic carbocycles. The summed E-state index contributed by atoms with van der Waals surface area (Å²) in [4.78, 5) is 1.33. The average molecular weight is 296 g/mol. The summed E-state index contributed by atoms with van der Waals surface area (Å²) in [6.45, 7) is 2.09. The van der Waals surface area contributed by atoms with E-state index in [1.807, 2.05) is 0 Å². The highest BCUT2D eigenvalue weighted by molar-refractivity contribution is 9.10. The lowest BCUT2D eigenvalue weighted by Gasteiger charge is -2.14. The molecule has 2 rings (SSSR count). The van der Waals surface area contributed by atoms with Gasteiger partial charge in [0.05, 0.1) is 0 Å². The highest BCUT2D eigenvalue weighted by Gasteiger charge is 2.12. The number of benzene rings is 1. The van der Waals surface area contributed by atoms with Gasteiger partial charge in [0, 0.05) is 21.8 Å². The predicted octanol–water partition coefficient (Wildman–Crippen LogP) is 4.06. The first-order chi connectivity index (χ1) is 7.68. The maximum Gasteiger partial charge on any atom is 0.0355 e. The normalized spacial score (nSPS) is 12.7. The topological polar surface area (TPSA) is 26.0 Å². The number of halogens is 1. The van der Waals surface area contributed by atoms with Crippen LogP contribution < -0.4 is 5.73 Å². The Kier molecular flexibility index (Phi) is 3.79. The Morgan fingerprint density at radius 3 is 2.81 bits per heavy atom. The minimum atomic E-state index is 0.0629. The van der Waals surface area contributed by atoms with Crippen LogP contribution in [0, 0.1) is 6.92 Å². The highest BCUT2D eigenvalue weighted by Crippen LogP contribution is 2.28. The van der Waals surface area contributed by atoms with Crippen molar-refractivity contribution >= 4 is 27.3 Å². The average Bonchev–Trinajstić information content (AvgIpc) is 2.74. The molecule has 0 saturated heterocycles. The highest BCUT2D eigenvalue weighted by atomic mass is 79.9. The van der Waals surface area contributed by atoms with E-state index < -0.39 is 0 Å². The van der Waals surface area contributed by atoms with Crippen molar-refractivity contribution in [2.75, 3.05) is 0 Å². The van der Waals surface area contributed by atoms with Gasteiger partial charge in [-0.25, -0.2) is 0 Å². The van der Waals surface area contributed by atoms with E-state index in [0.29, 0.717) is 0 Å². The predicted molar refractivity (Wildman–Crippen MR) is 73.8 cm³/mol. The molecule has 1 aromatic heterocycles. The second-order valence-corrected chi connectivity index (χ2v) is 5.69. The zero-order chi connectivity index (χ0) is 11.5. The first-order valence-electron chi connectivity index (χ1n) is 5.21. The lowest BCUT2D eigenvalue weighted by molar-refractivity contribution is 0.725. The van der Waals surface area contributed by atoms with Gasteiger partial charge in [-0.1, -0.05) is 40.2 Å². The van der Waals surface area contributed by atoms with E-state index in [1.165, 1.54) is 16.0 Å². The second-order valence-electron chi connectivity index (χ2n) is 3.87. The fourth-order valence-corrected chi connectivity index (χ4v) is 3.04. The molecule has 2 N–H and O–H groups in total. The van der Waals surface area contributed by atoms with E-state index in [9.17, 15) is 0 Å². The molecule has 1 unspecified atom stereocenters. The van der Waals surface area contributed by atoms with E-state index in [0.717, 1.165) is 10.9 Å². The quantitative estimate of drug-likeness (QED) is 0.908. The van der Waals surface area contributed by atoms with Crippen LogP contribution in [0.2, 0.25) is 0 Å². The number of thiophene rings is 1. The molecule has 3 heteroatoms. The van der Waals surface area contributed by atoms with Crippen LogP contribution in [0.5, 0.6) is 0 Å². The molecule has 0 fully saturated rings. The summed E-state index contributed by atoms with van der Waals surface area (Å²) in [5.74, 6) is 0. The van der Waals surface area contributed by atoms with Gasteiger partial charge in [-0.15, -0.1) is 11.3 Å². The molecule has 0 saturated carbocycles. The van der Waals surface area contributed by atoms with Gasteiger partial charge >= 0.3 is 0 Å². The van der Waals surface area contributed by atoms with E-state index in [2.05, 4.69) is 58.6 Å². The standard InChI is InChI=1S/C13H14BrNS/c1-9-4-2-6-11(13(9)14)12(15)8-10-5-3-7-16-10/h2-7,12H,8,15H2,1H3. The maximum absolute atomic E-state index is 6.23. The Bertz CT molecular complexity index is 465. The minimum Gasteiger partial charge on any atom is -0.324 e. The maximum atomic E-state index is 6.23. The van der Waals surface area contributed by atoms with Gasteiger partial charge in [0.25, 0.3) is 0 Å². The van der Waals surface area contributed by atoms with Crippen molar-refractivity contribution in [2.24, 2.45) is 5.73 Å². The molecule has 0 aliphatic heterocycles. The van der Waals surface area contributed by atoms with Gasteiger partial charge < -0.3 is 5.73 Å². The van der Waals surface area contributed by atoms with E-state index >= 15 is 0 Å². The largest absolute Gasteiger partial charge is 0.324 e. The van der Waals surface area contributed by atoms with Crippen LogP contribution >= 0.6 is 27.3 Å². The van der Waals surface area contributed by atoms with Crippen molar-refractivity contribution in [1.29, 1.82) is 0 Å². The van der Waals surface area contributed by atoms with Gasteiger partial charge in [0.15, 0.2) is 0 Å². The molecule has 1 nitrogen and oxygen atoms in total. The molecular weight excluding hydrogens is 282 g/mol. The van der Waals surface area contributed by atoms with Gasteiger partial charge in [0.2, 0.25) is 0 Å². The van der Waals surface area contributed by atoms with Gasteiger partial charge in [-0.05, 0) is 29.5 Å². The Balaban J connectivity index is 2.21. The van der Waals surface area contributed by atoms with Crippen molar-refractivity contribution < 1.29 is 0 Å². The van der Waals surface area contributed by atoms with Crippen molar-refractivity contribution in [1.82, 2.24) is 0 Å². The summed E-state index contributed by atoms with van der Waals surface area (Å²) in [5, 5.41) is 2.09. The first-order valence-corrected chi connectivity index (χ1v) is 6.88. The van der Waals surface area contributed by atoms with Crippen molar-refractivity contribution in [3.05, 3.63) is 56.2 Å². The van der Waals surface area contributed by atoms with Gasteiger partial charge in [0.1, 0.15) is 0 Å². The summed E-state index contributed by atoms with van der Waals surface area (Å²) < 4.78 is 1.14. The van der Waals surface area contributed by atoms with Crippen LogP contribution in [0.15, 0.2) is 40.2 Å². The summed E-state index contributed by atoms with van der Waals surface area (Å²) in [6.07, 6.45) is 0.903. The summed E-state index contributed by atoms with van der Waals surface area (Å²) in [7, 11) is 0. The van der Waals surface area contributed by atoms with Crippen LogP contribution in [0.3, 0.4) is 0 Å². The third-order valence-corrected chi connectivity index (χ3v) is 4.60. The van der Waals surface area contributed by atoms with Crippen molar-refractivity contribution in [3.8, 4) is 0 Å². The zero-order valence-electron chi connectivity index (χ0n) is 9.11. The SMILES string of the molecule is Cc1cccc(C(N)Cc2cccs2)c1Br. The van der Waals surface area contributed by atoms with Crippen molar-refractivity contribution in [2.45, 2.75) is 19.4 Å². The van der Waals surface area contributed by atoms with Crippen LogP contribution in [0.25, 0.3) is 0 Å². The number of hydrogen-bond donors (Lipinski definition) is 1. The Morgan fingerprint density at radius 1 is 1.31 bits per heavy atom. The lowest BCUT2D eigenvalue weighted by atomic mass is 10.0. The monoisotopic (exact) mass is 295 g/mol. The molecule has 0 bridgehead atoms. The van der Waals surface area contributed by atoms with Crippen LogP contribution in [0.1, 0.15) is 22.0 Å². The smallest absolute Gasteiger partial charge is 0.0355 e. The molecule has 0 spiro atoms. The molecule has 1 atom stereocenters. The molecule has 1 heterocycles. The third kappa shape index (κ3) is 2.54. The molecule has 0 radical (unpaired) electrons. The van der Waals surface area contributed by atoms with Gasteiger partial charge in [-0.3, -0.25) is 0 Å². The summed E-state index contributed by atoms with van der Waals surface area (Å²) >= 11 is 5.37. The third-order valence-electron chi connectivity index (χ3n) is 2.62. The Labute approximate surface area is 108 Å². The molecule has 0 amide bonds. The fourth-order valence-electron chi connectivity index (χ4n) is 1.71. The second kappa shape index (κ2) is 5.13. The minimum absolute atomic E-state index is 0.0629. The van der Waals surface area contributed by atoms with Crippen LogP contribution in [-0.2, 0) is 6.42 Å². The summed E-state index contributed by atoms with van der Waals surface area (Å²) in [5.41, 5.74) is 8.66. The van der Waals surface area contributed by atoms with E-state index in [-0.39, 0.29) is 6.04 Å². The van der Waals surface area contributed by atoms with Crippen LogP contribution in [0.4, 0.5) is 0 Å². The fraction of sp³-hybridized carbons (Fsp3) is 0.231. The number of nitrogens with two attached hydrogens (primary N) is 1. The molecule has 2 aromatic rings. The first kappa shape index (κ1) is 11.8.